The average molecular weight is 295 g/mol. The number of nitrogens with zero attached hydrogens (tertiary/aromatic N) is 1. The molecule has 0 unspecified atom stereocenters. The normalized spacial score (nSPS) is 10.8. The van der Waals surface area contributed by atoms with Crippen LogP contribution in [0.4, 0.5) is 0 Å². The second kappa shape index (κ2) is 5.69. The Bertz CT molecular complexity index is 946. The van der Waals surface area contributed by atoms with Crippen LogP contribution in [-0.2, 0) is 0 Å². The second-order valence-corrected chi connectivity index (χ2v) is 5.82. The first-order valence-corrected chi connectivity index (χ1v) is 7.82. The number of aryl methyl sites for hydroxylation is 1. The van der Waals surface area contributed by atoms with Crippen molar-refractivity contribution in [1.29, 1.82) is 0 Å². The Morgan fingerprint density at radius 2 is 1.22 bits per heavy atom. The highest BCUT2D eigenvalue weighted by molar-refractivity contribution is 5.93. The summed E-state index contributed by atoms with van der Waals surface area (Å²) in [6, 6.07) is 27.8. The van der Waals surface area contributed by atoms with E-state index >= 15 is 0 Å². The fraction of sp³-hybridized carbons (Fsp3) is 0.0455. The minimum Gasteiger partial charge on any atom is -0.256 e. The molecule has 1 nitrogen and oxygen atoms in total. The van der Waals surface area contributed by atoms with Crippen LogP contribution in [0.1, 0.15) is 5.56 Å². The van der Waals surface area contributed by atoms with Crippen LogP contribution in [-0.4, -0.2) is 4.98 Å². The summed E-state index contributed by atoms with van der Waals surface area (Å²) in [4.78, 5) is 4.55. The molecule has 0 bridgehead atoms. The molecule has 0 amide bonds. The van der Waals surface area contributed by atoms with E-state index in [4.69, 9.17) is 0 Å². The highest BCUT2D eigenvalue weighted by Crippen LogP contribution is 2.29. The Kier molecular flexibility index (Phi) is 3.39. The molecule has 3 aromatic carbocycles. The number of aromatic nitrogens is 1. The molecule has 0 aliphatic heterocycles. The average Bonchev–Trinajstić information content (AvgIpc) is 2.62. The lowest BCUT2D eigenvalue weighted by Gasteiger charge is -2.08. The van der Waals surface area contributed by atoms with E-state index in [-0.39, 0.29) is 0 Å². The van der Waals surface area contributed by atoms with E-state index in [1.54, 1.807) is 0 Å². The highest BCUT2D eigenvalue weighted by atomic mass is 14.6. The monoisotopic (exact) mass is 295 g/mol. The first-order valence-electron chi connectivity index (χ1n) is 7.82. The smallest absolute Gasteiger partial charge is 0.0780 e. The molecule has 0 radical (unpaired) electrons. The zero-order chi connectivity index (χ0) is 15.6. The molecule has 0 N–H and O–H groups in total. The minimum absolute atomic E-state index is 1.05. The summed E-state index contributed by atoms with van der Waals surface area (Å²) >= 11 is 0. The lowest BCUT2D eigenvalue weighted by Crippen LogP contribution is -1.85. The van der Waals surface area contributed by atoms with Crippen molar-refractivity contribution in [2.75, 3.05) is 0 Å². The van der Waals surface area contributed by atoms with Gasteiger partial charge < -0.3 is 0 Å². The number of pyridine rings is 1. The van der Waals surface area contributed by atoms with E-state index in [1.165, 1.54) is 33.2 Å². The summed E-state index contributed by atoms with van der Waals surface area (Å²) in [6.07, 6.45) is 1.85. The molecule has 0 fully saturated rings. The highest BCUT2D eigenvalue weighted by Gasteiger charge is 2.05. The van der Waals surface area contributed by atoms with Crippen LogP contribution >= 0.6 is 0 Å². The predicted octanol–water partition coefficient (Wildman–Crippen LogP) is 5.88. The van der Waals surface area contributed by atoms with E-state index < -0.39 is 0 Å². The van der Waals surface area contributed by atoms with Gasteiger partial charge in [-0.2, -0.15) is 0 Å². The number of hydrogen-bond donors (Lipinski definition) is 0. The van der Waals surface area contributed by atoms with E-state index in [2.05, 4.69) is 84.7 Å². The summed E-state index contributed by atoms with van der Waals surface area (Å²) in [5.41, 5.74) is 7.20. The molecule has 0 saturated carbocycles. The minimum atomic E-state index is 1.05. The maximum absolute atomic E-state index is 4.55. The quantitative estimate of drug-likeness (QED) is 0.450. The largest absolute Gasteiger partial charge is 0.256 e. The van der Waals surface area contributed by atoms with Crippen molar-refractivity contribution in [2.45, 2.75) is 6.92 Å². The van der Waals surface area contributed by atoms with Crippen LogP contribution in [0.5, 0.6) is 0 Å². The molecular weight excluding hydrogens is 278 g/mol. The summed E-state index contributed by atoms with van der Waals surface area (Å²) in [7, 11) is 0. The zero-order valence-electron chi connectivity index (χ0n) is 13.0. The van der Waals surface area contributed by atoms with Crippen molar-refractivity contribution in [1.82, 2.24) is 4.98 Å². The fourth-order valence-electron chi connectivity index (χ4n) is 2.93. The van der Waals surface area contributed by atoms with Crippen molar-refractivity contribution in [3.05, 3.63) is 90.6 Å². The Balaban J connectivity index is 1.77. The first-order chi connectivity index (χ1) is 11.3. The number of rotatable bonds is 2. The Labute approximate surface area is 136 Å². The van der Waals surface area contributed by atoms with Gasteiger partial charge in [-0.3, -0.25) is 4.98 Å². The maximum atomic E-state index is 4.55. The fourth-order valence-corrected chi connectivity index (χ4v) is 2.93. The van der Waals surface area contributed by atoms with Gasteiger partial charge in [0.05, 0.1) is 5.52 Å². The summed E-state index contributed by atoms with van der Waals surface area (Å²) in [5.74, 6) is 0. The van der Waals surface area contributed by atoms with Crippen molar-refractivity contribution in [3.8, 4) is 22.3 Å². The van der Waals surface area contributed by atoms with Crippen molar-refractivity contribution >= 4 is 10.9 Å². The molecule has 0 saturated heterocycles. The number of hydrogen-bond acceptors (Lipinski definition) is 1. The third-order valence-corrected chi connectivity index (χ3v) is 4.21. The molecule has 4 rings (SSSR count). The molecule has 1 heterocycles. The van der Waals surface area contributed by atoms with Gasteiger partial charge in [-0.25, -0.2) is 0 Å². The van der Waals surface area contributed by atoms with Gasteiger partial charge in [0, 0.05) is 17.1 Å². The van der Waals surface area contributed by atoms with Gasteiger partial charge in [-0.1, -0.05) is 78.4 Å². The Hall–Kier alpha value is -2.93. The second-order valence-electron chi connectivity index (χ2n) is 5.82. The zero-order valence-corrected chi connectivity index (χ0v) is 13.0. The van der Waals surface area contributed by atoms with Gasteiger partial charge in [0.1, 0.15) is 0 Å². The summed E-state index contributed by atoms with van der Waals surface area (Å²) in [6.45, 7) is 2.11. The Morgan fingerprint density at radius 1 is 0.609 bits per heavy atom. The van der Waals surface area contributed by atoms with E-state index in [9.17, 15) is 0 Å². The molecule has 1 heteroatoms. The van der Waals surface area contributed by atoms with Crippen LogP contribution < -0.4 is 0 Å². The van der Waals surface area contributed by atoms with Gasteiger partial charge in [0.25, 0.3) is 0 Å². The number of benzene rings is 3. The van der Waals surface area contributed by atoms with Crippen LogP contribution in [0.15, 0.2) is 85.1 Å². The van der Waals surface area contributed by atoms with Crippen LogP contribution in [0, 0.1) is 6.92 Å². The van der Waals surface area contributed by atoms with Crippen LogP contribution in [0.25, 0.3) is 33.2 Å². The molecule has 0 atom stereocenters. The maximum Gasteiger partial charge on any atom is 0.0780 e. The lowest BCUT2D eigenvalue weighted by molar-refractivity contribution is 1.41. The molecule has 1 aromatic heterocycles. The molecule has 0 spiro atoms. The third kappa shape index (κ3) is 2.62. The molecule has 110 valence electrons. The van der Waals surface area contributed by atoms with Crippen molar-refractivity contribution in [2.24, 2.45) is 0 Å². The Morgan fingerprint density at radius 3 is 1.96 bits per heavy atom. The van der Waals surface area contributed by atoms with Gasteiger partial charge in [-0.15, -0.1) is 0 Å². The van der Waals surface area contributed by atoms with E-state index in [0.717, 1.165) is 5.52 Å². The number of fused-ring (bicyclic) bond motifs is 1. The lowest BCUT2D eigenvalue weighted by atomic mass is 9.98. The molecule has 0 aliphatic rings. The van der Waals surface area contributed by atoms with Gasteiger partial charge in [0.2, 0.25) is 0 Å². The molecule has 23 heavy (non-hydrogen) atoms. The van der Waals surface area contributed by atoms with Gasteiger partial charge in [-0.05, 0) is 29.7 Å². The van der Waals surface area contributed by atoms with Crippen LogP contribution in [0.3, 0.4) is 0 Å². The SMILES string of the molecule is Cc1ccc(-c2ccc(-c3cccc4cccnc34)cc2)cc1. The van der Waals surface area contributed by atoms with E-state index in [1.807, 2.05) is 12.3 Å². The van der Waals surface area contributed by atoms with Gasteiger partial charge >= 0.3 is 0 Å². The van der Waals surface area contributed by atoms with Gasteiger partial charge in [0.15, 0.2) is 0 Å². The summed E-state index contributed by atoms with van der Waals surface area (Å²) < 4.78 is 0. The summed E-state index contributed by atoms with van der Waals surface area (Å²) in [5, 5.41) is 1.17. The topological polar surface area (TPSA) is 12.9 Å². The third-order valence-electron chi connectivity index (χ3n) is 4.21. The van der Waals surface area contributed by atoms with Crippen molar-refractivity contribution in [3.63, 3.8) is 0 Å². The number of para-hydroxylation sites is 1. The van der Waals surface area contributed by atoms with Crippen LogP contribution in [0.2, 0.25) is 0 Å². The molecular formula is C22H17N. The van der Waals surface area contributed by atoms with E-state index in [0.29, 0.717) is 0 Å². The first kappa shape index (κ1) is 13.7. The predicted molar refractivity (Wildman–Crippen MR) is 97.4 cm³/mol. The molecule has 0 aliphatic carbocycles. The molecule has 4 aromatic rings. The standard InChI is InChI=1S/C22H17N/c1-16-7-9-17(10-8-16)18-11-13-19(14-12-18)21-6-2-4-20-5-3-15-23-22(20)21/h2-15H,1H3. The van der Waals surface area contributed by atoms with Crippen molar-refractivity contribution < 1.29 is 0 Å².